The molecule has 0 radical (unpaired) electrons. The number of nitrogens with one attached hydrogen (secondary N) is 6. The first kappa shape index (κ1) is 31.4. The Balaban J connectivity index is 0.000000174. The molecule has 240 valence electrons. The normalized spacial score (nSPS) is 13.6. The summed E-state index contributed by atoms with van der Waals surface area (Å²) in [4.78, 5) is 88.8. The van der Waals surface area contributed by atoms with Crippen LogP contribution in [0.2, 0.25) is 0 Å². The second-order valence-electron chi connectivity index (χ2n) is 10.4. The predicted octanol–water partition coefficient (Wildman–Crippen LogP) is 0.220. The number of benzene rings is 3. The number of amides is 2. The molecule has 7 N–H and O–H groups in total. The van der Waals surface area contributed by atoms with E-state index in [2.05, 4.69) is 42.0 Å². The highest BCUT2D eigenvalue weighted by Crippen LogP contribution is 2.30. The fourth-order valence-corrected chi connectivity index (χ4v) is 5.22. The van der Waals surface area contributed by atoms with Crippen molar-refractivity contribution in [1.29, 1.82) is 0 Å². The van der Waals surface area contributed by atoms with Gasteiger partial charge >= 0.3 is 5.69 Å². The van der Waals surface area contributed by atoms with Gasteiger partial charge in [-0.05, 0) is 18.2 Å². The van der Waals surface area contributed by atoms with Crippen LogP contribution in [-0.4, -0.2) is 42.6 Å². The van der Waals surface area contributed by atoms with Crippen LogP contribution < -0.4 is 43.7 Å². The molecule has 15 nitrogen and oxygen atoms in total. The number of hydrogen-bond donors (Lipinski definition) is 7. The van der Waals surface area contributed by atoms with Gasteiger partial charge in [0, 0.05) is 27.9 Å². The molecule has 2 aliphatic rings. The number of hydrogen-bond acceptors (Lipinski definition) is 8. The van der Waals surface area contributed by atoms with Gasteiger partial charge in [-0.2, -0.15) is 0 Å². The lowest BCUT2D eigenvalue weighted by molar-refractivity contribution is -0.112. The highest BCUT2D eigenvalue weighted by molar-refractivity contribution is 6.21. The molecular weight excluding hydrogens is 632 g/mol. The molecule has 0 bridgehead atoms. The van der Waals surface area contributed by atoms with E-state index >= 15 is 0 Å². The summed E-state index contributed by atoms with van der Waals surface area (Å²) < 4.78 is 0. The summed E-state index contributed by atoms with van der Waals surface area (Å²) in [7, 11) is 0. The minimum absolute atomic E-state index is 0.0214. The van der Waals surface area contributed by atoms with Crippen LogP contribution >= 0.6 is 0 Å². The Morgan fingerprint density at radius 2 is 1.35 bits per heavy atom. The van der Waals surface area contributed by atoms with Crippen molar-refractivity contribution in [3.8, 4) is 5.88 Å². The second kappa shape index (κ2) is 12.7. The Morgan fingerprint density at radius 3 is 1.98 bits per heavy atom. The molecule has 7 rings (SSSR count). The van der Waals surface area contributed by atoms with E-state index in [1.165, 1.54) is 0 Å². The summed E-state index contributed by atoms with van der Waals surface area (Å²) in [6, 6.07) is 22.3. The lowest BCUT2D eigenvalue weighted by atomic mass is 10.0. The number of para-hydroxylation sites is 1. The van der Waals surface area contributed by atoms with E-state index in [-0.39, 0.29) is 45.0 Å². The van der Waals surface area contributed by atoms with Crippen molar-refractivity contribution in [2.24, 2.45) is 4.99 Å². The first-order valence-corrected chi connectivity index (χ1v) is 14.3. The molecule has 2 aromatic heterocycles. The molecule has 5 aromatic rings. The minimum atomic E-state index is -0.878. The Kier molecular flexibility index (Phi) is 8.11. The number of aromatic hydroxyl groups is 1. The van der Waals surface area contributed by atoms with Gasteiger partial charge in [-0.3, -0.25) is 33.9 Å². The highest BCUT2D eigenvalue weighted by Gasteiger charge is 2.29. The van der Waals surface area contributed by atoms with Gasteiger partial charge < -0.3 is 25.7 Å². The largest absolute Gasteiger partial charge is 0.494 e. The van der Waals surface area contributed by atoms with Crippen LogP contribution in [0.5, 0.6) is 5.88 Å². The van der Waals surface area contributed by atoms with Crippen molar-refractivity contribution < 1.29 is 14.7 Å². The van der Waals surface area contributed by atoms with Crippen LogP contribution in [0.4, 0.5) is 5.69 Å². The fraction of sp³-hybridized carbons (Fsp3) is 0. The lowest BCUT2D eigenvalue weighted by Gasteiger charge is -2.07. The monoisotopic (exact) mass is 654 g/mol. The zero-order valence-corrected chi connectivity index (χ0v) is 25.0. The van der Waals surface area contributed by atoms with Crippen LogP contribution in [0.1, 0.15) is 32.6 Å². The first-order valence-electron chi connectivity index (χ1n) is 14.3. The second-order valence-corrected chi connectivity index (χ2v) is 10.4. The maximum absolute atomic E-state index is 12.3. The first-order chi connectivity index (χ1) is 23.6. The van der Waals surface area contributed by atoms with Crippen molar-refractivity contribution in [3.63, 3.8) is 0 Å². The molecule has 2 aliphatic heterocycles. The minimum Gasteiger partial charge on any atom is -0.494 e. The van der Waals surface area contributed by atoms with Gasteiger partial charge in [0.25, 0.3) is 34.2 Å². The summed E-state index contributed by atoms with van der Waals surface area (Å²) in [5.74, 6) is -1.53. The molecule has 4 heterocycles. The third-order valence-corrected chi connectivity index (χ3v) is 7.32. The third-order valence-electron chi connectivity index (χ3n) is 7.32. The van der Waals surface area contributed by atoms with Gasteiger partial charge in [0.05, 0.1) is 23.7 Å². The van der Waals surface area contributed by atoms with Crippen LogP contribution in [-0.2, 0) is 4.79 Å². The summed E-state index contributed by atoms with van der Waals surface area (Å²) >= 11 is 0. The van der Waals surface area contributed by atoms with E-state index in [1.54, 1.807) is 72.8 Å². The number of nitrogens with zero attached hydrogens (tertiary/aromatic N) is 2. The molecule has 49 heavy (non-hydrogen) atoms. The van der Waals surface area contributed by atoms with E-state index in [0.717, 1.165) is 0 Å². The SMILES string of the molecule is C=c1[nH]c(=O)c(=C2N=C(c3c(O)[nH]c(=O)[nH]c3=O)c3ccccc32)c(=O)[nH]1.[C-]#[N+]/C(C(=O)Nc1ccccc1)=C1/NC(=O)c2ccccc21. The number of aliphatic imine (C=N–C) groups is 1. The fourth-order valence-electron chi connectivity index (χ4n) is 5.22. The third kappa shape index (κ3) is 5.91. The zero-order valence-electron chi connectivity index (χ0n) is 25.0. The number of aromatic amines is 4. The van der Waals surface area contributed by atoms with E-state index < -0.39 is 34.2 Å². The highest BCUT2D eigenvalue weighted by atomic mass is 16.3. The smallest absolute Gasteiger partial charge is 0.328 e. The number of anilines is 1. The van der Waals surface area contributed by atoms with Crippen LogP contribution in [0.3, 0.4) is 0 Å². The number of aromatic nitrogens is 4. The van der Waals surface area contributed by atoms with Crippen LogP contribution in [0, 0.1) is 6.57 Å². The van der Waals surface area contributed by atoms with Crippen LogP contribution in [0.25, 0.3) is 22.8 Å². The molecule has 0 aliphatic carbocycles. The van der Waals surface area contributed by atoms with Crippen molar-refractivity contribution in [3.05, 3.63) is 176 Å². The molecule has 0 spiro atoms. The van der Waals surface area contributed by atoms with E-state index in [0.29, 0.717) is 27.9 Å². The van der Waals surface area contributed by atoms with Crippen LogP contribution in [0.15, 0.2) is 109 Å². The van der Waals surface area contributed by atoms with Crippen molar-refractivity contribution in [2.45, 2.75) is 0 Å². The molecule has 0 saturated carbocycles. The Hall–Kier alpha value is -7.60. The summed E-state index contributed by atoms with van der Waals surface area (Å²) in [6.07, 6.45) is 0. The number of rotatable bonds is 3. The lowest BCUT2D eigenvalue weighted by Crippen LogP contribution is -2.48. The van der Waals surface area contributed by atoms with Gasteiger partial charge in [-0.15, -0.1) is 0 Å². The maximum Gasteiger partial charge on any atom is 0.328 e. The molecular formula is C34H22N8O7. The Bertz CT molecular complexity index is 2640. The topological polar surface area (TPSA) is 227 Å². The van der Waals surface area contributed by atoms with Crippen molar-refractivity contribution in [1.82, 2.24) is 25.3 Å². The van der Waals surface area contributed by atoms with E-state index in [1.807, 2.05) is 11.1 Å². The number of carbonyl (C=O) groups excluding carboxylic acids is 2. The molecule has 2 amide bonds. The number of carbonyl (C=O) groups is 2. The van der Waals surface area contributed by atoms with Crippen molar-refractivity contribution >= 4 is 41.2 Å². The quantitative estimate of drug-likeness (QED) is 0.106. The average molecular weight is 655 g/mol. The van der Waals surface area contributed by atoms with Crippen molar-refractivity contribution in [2.75, 3.05) is 5.32 Å². The van der Waals surface area contributed by atoms with Gasteiger partial charge in [0.15, 0.2) is 0 Å². The molecule has 0 unspecified atom stereocenters. The summed E-state index contributed by atoms with van der Waals surface area (Å²) in [5, 5.41) is 15.0. The molecule has 3 aromatic carbocycles. The Morgan fingerprint density at radius 1 is 0.755 bits per heavy atom. The average Bonchev–Trinajstić information content (AvgIpc) is 3.59. The number of fused-ring (bicyclic) bond motifs is 2. The van der Waals surface area contributed by atoms with Gasteiger partial charge in [-0.1, -0.05) is 67.2 Å². The Labute approximate surface area is 273 Å². The summed E-state index contributed by atoms with van der Waals surface area (Å²) in [5.41, 5.74) is -0.733. The standard InChI is InChI=1S/C17H11N5O5.C17H11N3O2/c1-6-18-13(23)9(14(24)19-6)11-7-4-2-3-5-8(7)12(20-11)10-15(25)21-17(27)22-16(10)26;1-18-15(17(22)19-11-7-3-2-4-8-11)14-12-9-5-6-10-13(12)16(21)20-14/h2-5H,1H2,(H,18,23)(H,19,24)(H3,21,22,25,26,27);2-10H,(H,19,22)(H,20,21)/b;15-14+. The van der Waals surface area contributed by atoms with Gasteiger partial charge in [0.1, 0.15) is 16.3 Å². The van der Waals surface area contributed by atoms with E-state index in [9.17, 15) is 33.9 Å². The summed E-state index contributed by atoms with van der Waals surface area (Å²) in [6.45, 7) is 10.8. The predicted molar refractivity (Wildman–Crippen MR) is 179 cm³/mol. The maximum atomic E-state index is 12.3. The molecule has 15 heteroatoms. The zero-order chi connectivity index (χ0) is 34.8. The number of H-pyrrole nitrogens is 4. The van der Waals surface area contributed by atoms with E-state index in [4.69, 9.17) is 6.57 Å². The molecule has 0 fully saturated rings. The van der Waals surface area contributed by atoms with Gasteiger partial charge in [0.2, 0.25) is 5.88 Å². The molecule has 0 saturated heterocycles. The van der Waals surface area contributed by atoms with Gasteiger partial charge in [-0.25, -0.2) is 14.6 Å². The molecule has 0 atom stereocenters.